The first-order valence-corrected chi connectivity index (χ1v) is 10.5. The van der Waals surface area contributed by atoms with Crippen LogP contribution in [0.15, 0.2) is 86.9 Å². The van der Waals surface area contributed by atoms with Gasteiger partial charge < -0.3 is 9.26 Å². The van der Waals surface area contributed by atoms with Gasteiger partial charge in [0.25, 0.3) is 0 Å². The number of benzene rings is 3. The lowest BCUT2D eigenvalue weighted by molar-refractivity contribution is 0.251. The second-order valence-corrected chi connectivity index (χ2v) is 8.77. The predicted molar refractivity (Wildman–Crippen MR) is 124 cm³/mol. The third kappa shape index (κ3) is 4.91. The number of nitrogens with one attached hydrogen (secondary N) is 1. The van der Waals surface area contributed by atoms with E-state index in [1.54, 1.807) is 0 Å². The third-order valence-electron chi connectivity index (χ3n) is 5.33. The Bertz CT molecular complexity index is 1310. The maximum Gasteiger partial charge on any atom is 0.440 e. The molecular weight excluding hydrogens is 404 g/mol. The van der Waals surface area contributed by atoms with Crippen molar-refractivity contribution in [3.8, 4) is 16.9 Å². The summed E-state index contributed by atoms with van der Waals surface area (Å²) < 4.78 is 12.1. The van der Waals surface area contributed by atoms with Crippen LogP contribution < -0.4 is 16.2 Å². The highest BCUT2D eigenvalue weighted by molar-refractivity contribution is 5.66. The fourth-order valence-electron chi connectivity index (χ4n) is 3.46. The SMILES string of the molecule is CC(C)(C)c1ccc(COc2cc(-c3ccccc3)ccc2Cn2oc(=O)[nH]c2=O)cc1. The van der Waals surface area contributed by atoms with Crippen LogP contribution in [-0.4, -0.2) is 9.72 Å². The molecule has 0 atom stereocenters. The van der Waals surface area contributed by atoms with Crippen molar-refractivity contribution in [3.63, 3.8) is 0 Å². The van der Waals surface area contributed by atoms with Crippen molar-refractivity contribution >= 4 is 0 Å². The molecule has 0 aliphatic carbocycles. The molecule has 164 valence electrons. The highest BCUT2D eigenvalue weighted by Crippen LogP contribution is 2.29. The first-order chi connectivity index (χ1) is 15.3. The number of aromatic nitrogens is 2. The number of hydrogen-bond acceptors (Lipinski definition) is 4. The number of hydrogen-bond donors (Lipinski definition) is 1. The van der Waals surface area contributed by atoms with Crippen LogP contribution in [0.1, 0.15) is 37.5 Å². The first-order valence-electron chi connectivity index (χ1n) is 10.5. The molecule has 6 nitrogen and oxygen atoms in total. The Labute approximate surface area is 186 Å². The lowest BCUT2D eigenvalue weighted by Crippen LogP contribution is -2.17. The molecule has 1 heterocycles. The van der Waals surface area contributed by atoms with Crippen molar-refractivity contribution in [1.82, 2.24) is 9.72 Å². The Kier molecular flexibility index (Phi) is 5.86. The van der Waals surface area contributed by atoms with E-state index in [9.17, 15) is 9.59 Å². The fourth-order valence-corrected chi connectivity index (χ4v) is 3.46. The molecule has 0 fully saturated rings. The minimum absolute atomic E-state index is 0.0876. The Morgan fingerprint density at radius 1 is 0.906 bits per heavy atom. The van der Waals surface area contributed by atoms with Gasteiger partial charge in [-0.05, 0) is 33.7 Å². The van der Waals surface area contributed by atoms with Gasteiger partial charge in [-0.1, -0.05) is 87.5 Å². The number of nitrogens with zero attached hydrogens (tertiary/aromatic N) is 1. The van der Waals surface area contributed by atoms with Crippen LogP contribution >= 0.6 is 0 Å². The van der Waals surface area contributed by atoms with Crippen molar-refractivity contribution in [1.29, 1.82) is 0 Å². The summed E-state index contributed by atoms with van der Waals surface area (Å²) in [6, 6.07) is 24.2. The molecule has 4 rings (SSSR count). The van der Waals surface area contributed by atoms with E-state index in [1.807, 2.05) is 48.5 Å². The molecule has 1 aromatic heterocycles. The van der Waals surface area contributed by atoms with Gasteiger partial charge in [0.15, 0.2) is 0 Å². The van der Waals surface area contributed by atoms with Crippen molar-refractivity contribution in [2.24, 2.45) is 0 Å². The van der Waals surface area contributed by atoms with E-state index in [1.165, 1.54) is 5.56 Å². The molecule has 0 bridgehead atoms. The summed E-state index contributed by atoms with van der Waals surface area (Å²) in [6.45, 7) is 7.01. The normalized spacial score (nSPS) is 11.5. The van der Waals surface area contributed by atoms with E-state index < -0.39 is 11.4 Å². The average molecular weight is 431 g/mol. The summed E-state index contributed by atoms with van der Waals surface area (Å²) in [4.78, 5) is 25.4. The second-order valence-electron chi connectivity index (χ2n) is 8.77. The first kappa shape index (κ1) is 21.4. The van der Waals surface area contributed by atoms with Crippen molar-refractivity contribution < 1.29 is 9.26 Å². The summed E-state index contributed by atoms with van der Waals surface area (Å²) in [7, 11) is 0. The Balaban J connectivity index is 1.63. The Morgan fingerprint density at radius 3 is 2.25 bits per heavy atom. The summed E-state index contributed by atoms with van der Waals surface area (Å²) in [5.41, 5.74) is 4.59. The fraction of sp³-hybridized carbons (Fsp3) is 0.231. The van der Waals surface area contributed by atoms with Gasteiger partial charge in [0.1, 0.15) is 12.4 Å². The standard InChI is InChI=1S/C26H26N2O4/c1-26(2,3)22-13-9-18(10-14-22)17-31-23-15-20(19-7-5-4-6-8-19)11-12-21(23)16-28-24(29)27-25(30)32-28/h4-15H,16-17H2,1-3H3,(H,27,29,30). The smallest absolute Gasteiger partial charge is 0.440 e. The van der Waals surface area contributed by atoms with Gasteiger partial charge in [0.05, 0.1) is 6.54 Å². The largest absolute Gasteiger partial charge is 0.489 e. The highest BCUT2D eigenvalue weighted by atomic mass is 16.5. The minimum atomic E-state index is -0.780. The van der Waals surface area contributed by atoms with Crippen LogP contribution in [0, 0.1) is 0 Å². The van der Waals surface area contributed by atoms with Crippen molar-refractivity contribution in [3.05, 3.63) is 111 Å². The van der Waals surface area contributed by atoms with E-state index in [2.05, 4.69) is 50.0 Å². The van der Waals surface area contributed by atoms with Crippen LogP contribution in [0.25, 0.3) is 11.1 Å². The van der Waals surface area contributed by atoms with Gasteiger partial charge in [0, 0.05) is 5.56 Å². The van der Waals surface area contributed by atoms with Crippen molar-refractivity contribution in [2.45, 2.75) is 39.3 Å². The van der Waals surface area contributed by atoms with Crippen molar-refractivity contribution in [2.75, 3.05) is 0 Å². The molecule has 4 aromatic rings. The molecule has 0 radical (unpaired) electrons. The molecule has 6 heteroatoms. The molecule has 0 aliphatic rings. The molecule has 0 saturated heterocycles. The van der Waals surface area contributed by atoms with Gasteiger partial charge >= 0.3 is 11.4 Å². The Morgan fingerprint density at radius 2 is 1.62 bits per heavy atom. The quantitative estimate of drug-likeness (QED) is 0.480. The number of ether oxygens (including phenoxy) is 1. The minimum Gasteiger partial charge on any atom is -0.489 e. The van der Waals surface area contributed by atoms with E-state index >= 15 is 0 Å². The van der Waals surface area contributed by atoms with E-state index in [0.29, 0.717) is 12.4 Å². The van der Waals surface area contributed by atoms with Gasteiger partial charge in [0.2, 0.25) is 0 Å². The van der Waals surface area contributed by atoms with Crippen LogP contribution in [-0.2, 0) is 18.6 Å². The molecule has 0 amide bonds. The number of H-pyrrole nitrogens is 1. The van der Waals surface area contributed by atoms with Gasteiger partial charge in [-0.3, -0.25) is 0 Å². The molecular formula is C26H26N2O4. The second kappa shape index (κ2) is 8.75. The highest BCUT2D eigenvalue weighted by Gasteiger charge is 2.14. The predicted octanol–water partition coefficient (Wildman–Crippen LogP) is 4.72. The summed E-state index contributed by atoms with van der Waals surface area (Å²) in [5.74, 6) is -0.153. The van der Waals surface area contributed by atoms with E-state index in [0.717, 1.165) is 27.0 Å². The zero-order valence-corrected chi connectivity index (χ0v) is 18.4. The maximum atomic E-state index is 11.9. The third-order valence-corrected chi connectivity index (χ3v) is 5.33. The van der Waals surface area contributed by atoms with Gasteiger partial charge in [-0.25, -0.2) is 14.6 Å². The van der Waals surface area contributed by atoms with Crippen LogP contribution in [0.5, 0.6) is 5.75 Å². The molecule has 1 N–H and O–H groups in total. The molecule has 32 heavy (non-hydrogen) atoms. The summed E-state index contributed by atoms with van der Waals surface area (Å²) >= 11 is 0. The lowest BCUT2D eigenvalue weighted by Gasteiger charge is -2.19. The lowest BCUT2D eigenvalue weighted by atomic mass is 9.87. The topological polar surface area (TPSA) is 77.2 Å². The van der Waals surface area contributed by atoms with E-state index in [-0.39, 0.29) is 12.0 Å². The summed E-state index contributed by atoms with van der Waals surface area (Å²) in [5, 5.41) is 0. The molecule has 3 aromatic carbocycles. The molecule has 0 aliphatic heterocycles. The molecule has 0 saturated carbocycles. The van der Waals surface area contributed by atoms with Gasteiger partial charge in [-0.15, -0.1) is 4.74 Å². The number of rotatable bonds is 6. The Hall–Kier alpha value is -3.80. The number of aromatic amines is 1. The zero-order valence-electron chi connectivity index (χ0n) is 18.4. The van der Waals surface area contributed by atoms with Gasteiger partial charge in [-0.2, -0.15) is 0 Å². The van der Waals surface area contributed by atoms with Crippen LogP contribution in [0.2, 0.25) is 0 Å². The van der Waals surface area contributed by atoms with E-state index in [4.69, 9.17) is 9.26 Å². The van der Waals surface area contributed by atoms with Crippen LogP contribution in [0.4, 0.5) is 0 Å². The maximum absolute atomic E-state index is 11.9. The summed E-state index contributed by atoms with van der Waals surface area (Å²) in [6.07, 6.45) is 0. The zero-order chi connectivity index (χ0) is 22.7. The van der Waals surface area contributed by atoms with Crippen LogP contribution in [0.3, 0.4) is 0 Å². The monoisotopic (exact) mass is 430 g/mol. The molecule has 0 spiro atoms. The average Bonchev–Trinajstić information content (AvgIpc) is 3.10. The molecule has 0 unspecified atom stereocenters.